The summed E-state index contributed by atoms with van der Waals surface area (Å²) < 4.78 is 1.55. The monoisotopic (exact) mass is 620 g/mol. The van der Waals surface area contributed by atoms with Crippen molar-refractivity contribution in [3.8, 4) is 0 Å². The molecule has 0 spiro atoms. The first-order chi connectivity index (χ1) is 20.0. The van der Waals surface area contributed by atoms with E-state index in [-0.39, 0.29) is 29.7 Å². The number of nitrogens with zero attached hydrogens (tertiary/aromatic N) is 2. The van der Waals surface area contributed by atoms with Gasteiger partial charge in [-0.3, -0.25) is 0 Å². The van der Waals surface area contributed by atoms with Crippen LogP contribution in [-0.4, -0.2) is 28.1 Å². The molecule has 42 heavy (non-hydrogen) atoms. The van der Waals surface area contributed by atoms with Gasteiger partial charge in [0.15, 0.2) is 0 Å². The molecule has 0 bridgehead atoms. The molecule has 0 aromatic heterocycles. The molecule has 0 unspecified atom stereocenters. The number of aliphatic hydroxyl groups excluding tert-OH is 2. The van der Waals surface area contributed by atoms with Crippen molar-refractivity contribution < 1.29 is 31.4 Å². The molecule has 0 radical (unpaired) electrons. The van der Waals surface area contributed by atoms with Crippen LogP contribution in [0.25, 0.3) is 16.9 Å². The van der Waals surface area contributed by atoms with Crippen LogP contribution >= 0.6 is 0 Å². The van der Waals surface area contributed by atoms with Gasteiger partial charge in [0.25, 0.3) is 0 Å². The maximum Gasteiger partial charge on any atom is 0.211 e. The predicted octanol–water partition coefficient (Wildman–Crippen LogP) is 10.3. The van der Waals surface area contributed by atoms with Crippen LogP contribution in [0.15, 0.2) is 59.7 Å². The van der Waals surface area contributed by atoms with Crippen LogP contribution < -0.4 is 0 Å². The van der Waals surface area contributed by atoms with E-state index in [1.54, 1.807) is 18.5 Å². The molecule has 0 saturated carbocycles. The molecule has 2 N–H and O–H groups in total. The summed E-state index contributed by atoms with van der Waals surface area (Å²) in [6, 6.07) is 17.8. The second kappa shape index (κ2) is 24.4. The molecule has 0 atom stereocenters. The van der Waals surface area contributed by atoms with Gasteiger partial charge < -0.3 is 15.7 Å². The number of unbranched alkanes of at least 4 members (excludes halogenated alkanes) is 5. The summed E-state index contributed by atoms with van der Waals surface area (Å²) in [7, 11) is 0. The standard InChI is InChI=1S/C33H46N2.2C2H6O.Ni/c1-5-9-13-23-31-30(22-12-8-4)32(28-20-14-18-26(24-28)16-10-6-2)35(34)33(31)29-21-15-19-27(25-29)17-11-7-3;2*1-2-3;/h14-15,18-21,24-25H,5-13,16-17,22-23H2,1-4H3;2*3H,2H2,1H3;. The normalized spacial score (nSPS) is 12.4. The summed E-state index contributed by atoms with van der Waals surface area (Å²) in [6.07, 6.45) is 14.9. The molecule has 0 fully saturated rings. The Hall–Kier alpha value is -2.07. The Morgan fingerprint density at radius 1 is 0.548 bits per heavy atom. The molecule has 0 amide bonds. The number of benzene rings is 2. The summed E-state index contributed by atoms with van der Waals surface area (Å²) in [5.74, 6) is 0. The van der Waals surface area contributed by atoms with E-state index in [0.717, 1.165) is 67.5 Å². The first-order valence-electron chi connectivity index (χ1n) is 16.3. The fourth-order valence-electron chi connectivity index (χ4n) is 5.20. The average Bonchev–Trinajstić information content (AvgIpc) is 3.25. The van der Waals surface area contributed by atoms with E-state index in [0.29, 0.717) is 0 Å². The fraction of sp³-hybridized carbons (Fsp3) is 0.568. The van der Waals surface area contributed by atoms with Crippen LogP contribution in [0.4, 0.5) is 0 Å². The Balaban J connectivity index is 0.00000221. The van der Waals surface area contributed by atoms with Crippen molar-refractivity contribution in [3.63, 3.8) is 0 Å². The van der Waals surface area contributed by atoms with Gasteiger partial charge in [-0.2, -0.15) is 0 Å². The minimum Gasteiger partial charge on any atom is -0.493 e. The van der Waals surface area contributed by atoms with Crippen molar-refractivity contribution in [3.05, 3.63) is 87.5 Å². The van der Waals surface area contributed by atoms with Gasteiger partial charge in [-0.1, -0.05) is 84.1 Å². The van der Waals surface area contributed by atoms with Crippen molar-refractivity contribution in [2.24, 2.45) is 0 Å². The van der Waals surface area contributed by atoms with Crippen LogP contribution in [0.2, 0.25) is 0 Å². The molecule has 2 aromatic carbocycles. The summed E-state index contributed by atoms with van der Waals surface area (Å²) in [5, 5.41) is 15.1. The molecule has 0 aliphatic carbocycles. The Labute approximate surface area is 267 Å². The number of allylic oxidation sites excluding steroid dienone is 2. The number of aliphatic hydroxyl groups is 2. The van der Waals surface area contributed by atoms with E-state index >= 15 is 0 Å². The first kappa shape index (κ1) is 39.9. The van der Waals surface area contributed by atoms with Gasteiger partial charge in [0, 0.05) is 52.0 Å². The third-order valence-corrected chi connectivity index (χ3v) is 7.21. The topological polar surface area (TPSA) is 65.8 Å². The molecular formula is C37H58N2NiO2. The van der Waals surface area contributed by atoms with E-state index in [1.807, 2.05) is 0 Å². The zero-order valence-electron chi connectivity index (χ0n) is 27.3. The average molecular weight is 622 g/mol. The zero-order chi connectivity index (χ0) is 30.5. The largest absolute Gasteiger partial charge is 0.493 e. The second-order valence-corrected chi connectivity index (χ2v) is 10.8. The molecule has 4 nitrogen and oxygen atoms in total. The molecule has 5 heteroatoms. The predicted molar refractivity (Wildman–Crippen MR) is 177 cm³/mol. The SMILES string of the molecule is CCCCCC1=C(c2cccc(CCCC)c2)[N+](=[N-])C(c2cccc(CCCC)c2)=C1CCCC.CCO.CCO.[Ni]. The van der Waals surface area contributed by atoms with Gasteiger partial charge >= 0.3 is 0 Å². The van der Waals surface area contributed by atoms with Crippen LogP contribution in [0.3, 0.4) is 0 Å². The minimum absolute atomic E-state index is 0. The van der Waals surface area contributed by atoms with Crippen LogP contribution in [0.1, 0.15) is 134 Å². The van der Waals surface area contributed by atoms with Crippen LogP contribution in [0, 0.1) is 0 Å². The molecule has 1 aliphatic heterocycles. The van der Waals surface area contributed by atoms with Gasteiger partial charge in [0.1, 0.15) is 0 Å². The van der Waals surface area contributed by atoms with E-state index in [9.17, 15) is 5.53 Å². The Morgan fingerprint density at radius 3 is 1.29 bits per heavy atom. The number of aryl methyl sites for hydroxylation is 2. The van der Waals surface area contributed by atoms with Crippen molar-refractivity contribution >= 4 is 11.4 Å². The summed E-state index contributed by atoms with van der Waals surface area (Å²) in [6.45, 7) is 12.9. The molecule has 2 aromatic rings. The Bertz CT molecular complexity index is 1090. The molecular weight excluding hydrogens is 563 g/mol. The van der Waals surface area contributed by atoms with Gasteiger partial charge in [0.2, 0.25) is 11.4 Å². The second-order valence-electron chi connectivity index (χ2n) is 10.8. The number of hydrogen-bond donors (Lipinski definition) is 2. The van der Waals surface area contributed by atoms with Crippen LogP contribution in [-0.2, 0) is 29.3 Å². The first-order valence-corrected chi connectivity index (χ1v) is 16.3. The zero-order valence-corrected chi connectivity index (χ0v) is 28.3. The maximum absolute atomic E-state index is 11.8. The summed E-state index contributed by atoms with van der Waals surface area (Å²) in [4.78, 5) is 0. The number of hydrogen-bond acceptors (Lipinski definition) is 2. The Kier molecular flexibility index (Phi) is 23.2. The smallest absolute Gasteiger partial charge is 0.211 e. The van der Waals surface area contributed by atoms with E-state index in [1.165, 1.54) is 60.8 Å². The van der Waals surface area contributed by atoms with Crippen molar-refractivity contribution in [2.45, 2.75) is 125 Å². The molecule has 1 heterocycles. The number of rotatable bonds is 15. The third kappa shape index (κ3) is 13.1. The van der Waals surface area contributed by atoms with Crippen molar-refractivity contribution in [1.29, 1.82) is 0 Å². The fourth-order valence-corrected chi connectivity index (χ4v) is 5.20. The van der Waals surface area contributed by atoms with Crippen LogP contribution in [0.5, 0.6) is 0 Å². The maximum atomic E-state index is 11.8. The Morgan fingerprint density at radius 2 is 0.905 bits per heavy atom. The van der Waals surface area contributed by atoms with E-state index < -0.39 is 0 Å². The quantitative estimate of drug-likeness (QED) is 0.118. The van der Waals surface area contributed by atoms with E-state index in [2.05, 4.69) is 76.2 Å². The molecule has 238 valence electrons. The van der Waals surface area contributed by atoms with Gasteiger partial charge in [0.05, 0.1) is 0 Å². The third-order valence-electron chi connectivity index (χ3n) is 7.21. The summed E-state index contributed by atoms with van der Waals surface area (Å²) in [5.41, 5.74) is 21.6. The van der Waals surface area contributed by atoms with Crippen molar-refractivity contribution in [1.82, 2.24) is 0 Å². The van der Waals surface area contributed by atoms with Gasteiger partial charge in [-0.15, -0.1) is 0 Å². The van der Waals surface area contributed by atoms with Crippen molar-refractivity contribution in [2.75, 3.05) is 13.2 Å². The van der Waals surface area contributed by atoms with Gasteiger partial charge in [-0.25, -0.2) is 4.70 Å². The molecule has 3 rings (SSSR count). The summed E-state index contributed by atoms with van der Waals surface area (Å²) >= 11 is 0. The molecule has 1 aliphatic rings. The van der Waals surface area contributed by atoms with E-state index in [4.69, 9.17) is 10.2 Å². The minimum atomic E-state index is 0. The molecule has 0 saturated heterocycles. The van der Waals surface area contributed by atoms with Gasteiger partial charge in [-0.05, 0) is 101 Å².